The van der Waals surface area contributed by atoms with Gasteiger partial charge in [-0.25, -0.2) is 9.97 Å². The molecule has 4 N–H and O–H groups in total. The third kappa shape index (κ3) is 8.23. The molecule has 6 aromatic rings. The Morgan fingerprint density at radius 1 is 0.481 bits per heavy atom. The molecule has 276 valence electrons. The van der Waals surface area contributed by atoms with Crippen molar-refractivity contribution in [2.45, 2.75) is 27.7 Å². The maximum Gasteiger partial charge on any atom is 0.231 e. The maximum atomic E-state index is 5.43. The van der Waals surface area contributed by atoms with Crippen molar-refractivity contribution < 1.29 is 28.4 Å². The minimum Gasteiger partial charge on any atom is -0.497 e. The molecule has 14 heteroatoms. The third-order valence-electron chi connectivity index (χ3n) is 8.60. The lowest BCUT2D eigenvalue weighted by Crippen LogP contribution is -2.03. The molecular weight excluding hydrogens is 688 g/mol. The zero-order valence-electron chi connectivity index (χ0n) is 30.7. The SMILES string of the molecule is COc1ccc(C)c(Nc2nc(Nc3ccc4c(c3)OCO4)ncc2C)c1.COc1ccc(C)c(Nc2ncc(C)c(Nc3ccc4c(c3)OCO4)n2)c1. The molecule has 0 radical (unpaired) electrons. The summed E-state index contributed by atoms with van der Waals surface area (Å²) >= 11 is 0. The predicted octanol–water partition coefficient (Wildman–Crippen LogP) is 8.64. The number of benzene rings is 4. The first-order chi connectivity index (χ1) is 26.2. The van der Waals surface area contributed by atoms with Crippen molar-refractivity contribution in [1.29, 1.82) is 0 Å². The average Bonchev–Trinajstić information content (AvgIpc) is 3.86. The highest BCUT2D eigenvalue weighted by atomic mass is 16.7. The van der Waals surface area contributed by atoms with Crippen LogP contribution in [0.4, 0.5) is 46.3 Å². The summed E-state index contributed by atoms with van der Waals surface area (Å²) in [6.45, 7) is 8.46. The van der Waals surface area contributed by atoms with Gasteiger partial charge in [0.25, 0.3) is 0 Å². The molecular formula is C40H40N8O6. The van der Waals surface area contributed by atoms with E-state index in [4.69, 9.17) is 28.4 Å². The molecule has 2 aromatic heterocycles. The van der Waals surface area contributed by atoms with Crippen LogP contribution in [0.15, 0.2) is 85.2 Å². The number of methoxy groups -OCH3 is 2. The Bertz CT molecular complexity index is 2300. The van der Waals surface area contributed by atoms with Gasteiger partial charge in [0.1, 0.15) is 23.1 Å². The average molecular weight is 729 g/mol. The van der Waals surface area contributed by atoms with Gasteiger partial charge in [-0.05, 0) is 75.2 Å². The lowest BCUT2D eigenvalue weighted by atomic mass is 10.2. The van der Waals surface area contributed by atoms with Crippen LogP contribution in [0.2, 0.25) is 0 Å². The van der Waals surface area contributed by atoms with Gasteiger partial charge in [0.15, 0.2) is 23.0 Å². The fraction of sp³-hybridized carbons (Fsp3) is 0.200. The quantitative estimate of drug-likeness (QED) is 0.106. The highest BCUT2D eigenvalue weighted by molar-refractivity contribution is 5.68. The first-order valence-electron chi connectivity index (χ1n) is 17.1. The number of rotatable bonds is 10. The number of aryl methyl sites for hydroxylation is 4. The number of anilines is 8. The van der Waals surface area contributed by atoms with E-state index in [-0.39, 0.29) is 13.6 Å². The van der Waals surface area contributed by atoms with Gasteiger partial charge in [-0.2, -0.15) is 9.97 Å². The monoisotopic (exact) mass is 728 g/mol. The summed E-state index contributed by atoms with van der Waals surface area (Å²) in [4.78, 5) is 18.0. The van der Waals surface area contributed by atoms with E-state index in [1.54, 1.807) is 26.6 Å². The van der Waals surface area contributed by atoms with Crippen molar-refractivity contribution in [2.75, 3.05) is 49.1 Å². The van der Waals surface area contributed by atoms with E-state index in [9.17, 15) is 0 Å². The van der Waals surface area contributed by atoms with Crippen molar-refractivity contribution >= 4 is 46.3 Å². The maximum absolute atomic E-state index is 5.43. The Morgan fingerprint density at radius 2 is 0.944 bits per heavy atom. The number of ether oxygens (including phenoxy) is 6. The lowest BCUT2D eigenvalue weighted by Gasteiger charge is -2.14. The topological polar surface area (TPSA) is 155 Å². The molecule has 0 amide bonds. The molecule has 2 aliphatic heterocycles. The van der Waals surface area contributed by atoms with E-state index >= 15 is 0 Å². The Labute approximate surface area is 312 Å². The van der Waals surface area contributed by atoms with Gasteiger partial charge in [-0.15, -0.1) is 0 Å². The van der Waals surface area contributed by atoms with Crippen molar-refractivity contribution in [3.05, 3.63) is 107 Å². The standard InChI is InChI=1S/2C20H20N4O3/c1-12-4-6-15(25-3)9-16(12)23-19-13(2)10-21-20(24-19)22-14-5-7-17-18(8-14)27-11-26-17;1-12-4-6-15(25-3)9-16(12)23-20-21-10-13(2)19(24-20)22-14-5-7-17-18(8-14)27-11-26-17/h2*4-10H,11H2,1-3H3,(H2,21,22,23,24). The number of fused-ring (bicyclic) bond motifs is 2. The summed E-state index contributed by atoms with van der Waals surface area (Å²) in [6.07, 6.45) is 3.56. The summed E-state index contributed by atoms with van der Waals surface area (Å²) in [5.41, 5.74) is 7.56. The molecule has 54 heavy (non-hydrogen) atoms. The Balaban J connectivity index is 0.000000167. The molecule has 0 saturated carbocycles. The number of hydrogen-bond donors (Lipinski definition) is 4. The number of nitrogens with zero attached hydrogens (tertiary/aromatic N) is 4. The number of aromatic nitrogens is 4. The Hall–Kier alpha value is -6.96. The van der Waals surface area contributed by atoms with Crippen molar-refractivity contribution in [3.63, 3.8) is 0 Å². The van der Waals surface area contributed by atoms with E-state index < -0.39 is 0 Å². The molecule has 0 atom stereocenters. The first-order valence-corrected chi connectivity index (χ1v) is 17.1. The first kappa shape index (κ1) is 35.4. The summed E-state index contributed by atoms with van der Waals surface area (Å²) in [7, 11) is 3.29. The van der Waals surface area contributed by atoms with Gasteiger partial charge in [0, 0.05) is 70.5 Å². The summed E-state index contributed by atoms with van der Waals surface area (Å²) in [6, 6.07) is 23.0. The van der Waals surface area contributed by atoms with Gasteiger partial charge in [-0.1, -0.05) is 12.1 Å². The van der Waals surface area contributed by atoms with Crippen LogP contribution in [0.25, 0.3) is 0 Å². The van der Waals surface area contributed by atoms with Gasteiger partial charge in [-0.3, -0.25) is 0 Å². The Kier molecular flexibility index (Phi) is 10.3. The smallest absolute Gasteiger partial charge is 0.231 e. The minimum absolute atomic E-state index is 0.244. The number of nitrogens with one attached hydrogen (secondary N) is 4. The zero-order chi connectivity index (χ0) is 37.6. The molecule has 0 fully saturated rings. The van der Waals surface area contributed by atoms with Crippen LogP contribution in [0, 0.1) is 27.7 Å². The highest BCUT2D eigenvalue weighted by Crippen LogP contribution is 2.37. The fourth-order valence-corrected chi connectivity index (χ4v) is 5.45. The van der Waals surface area contributed by atoms with Crippen LogP contribution in [0.1, 0.15) is 22.3 Å². The largest absolute Gasteiger partial charge is 0.497 e. The van der Waals surface area contributed by atoms with Crippen LogP contribution in [0.3, 0.4) is 0 Å². The molecule has 4 aromatic carbocycles. The van der Waals surface area contributed by atoms with E-state index in [0.717, 1.165) is 79.6 Å². The number of hydrogen-bond acceptors (Lipinski definition) is 14. The van der Waals surface area contributed by atoms with Crippen LogP contribution in [-0.4, -0.2) is 47.7 Å². The molecule has 14 nitrogen and oxygen atoms in total. The molecule has 0 aliphatic carbocycles. The lowest BCUT2D eigenvalue weighted by molar-refractivity contribution is 0.173. The van der Waals surface area contributed by atoms with Crippen LogP contribution in [0.5, 0.6) is 34.5 Å². The predicted molar refractivity (Wildman–Crippen MR) is 207 cm³/mol. The van der Waals surface area contributed by atoms with Crippen LogP contribution in [-0.2, 0) is 0 Å². The normalized spacial score (nSPS) is 12.0. The molecule has 0 saturated heterocycles. The molecule has 8 rings (SSSR count). The van der Waals surface area contributed by atoms with Crippen LogP contribution >= 0.6 is 0 Å². The van der Waals surface area contributed by atoms with E-state index in [1.165, 1.54) is 0 Å². The van der Waals surface area contributed by atoms with Crippen molar-refractivity contribution in [2.24, 2.45) is 0 Å². The summed E-state index contributed by atoms with van der Waals surface area (Å²) < 4.78 is 32.1. The molecule has 0 bridgehead atoms. The van der Waals surface area contributed by atoms with Crippen LogP contribution < -0.4 is 49.7 Å². The van der Waals surface area contributed by atoms with Gasteiger partial charge < -0.3 is 49.7 Å². The Morgan fingerprint density at radius 3 is 1.48 bits per heavy atom. The van der Waals surface area contributed by atoms with Crippen molar-refractivity contribution in [3.8, 4) is 34.5 Å². The fourth-order valence-electron chi connectivity index (χ4n) is 5.45. The minimum atomic E-state index is 0.244. The summed E-state index contributed by atoms with van der Waals surface area (Å²) in [5, 5.41) is 13.1. The van der Waals surface area contributed by atoms with Crippen molar-refractivity contribution in [1.82, 2.24) is 19.9 Å². The van der Waals surface area contributed by atoms with E-state index in [2.05, 4.69) is 41.2 Å². The van der Waals surface area contributed by atoms with Gasteiger partial charge >= 0.3 is 0 Å². The second-order valence-corrected chi connectivity index (χ2v) is 12.4. The molecule has 0 unspecified atom stereocenters. The third-order valence-corrected chi connectivity index (χ3v) is 8.60. The van der Waals surface area contributed by atoms with E-state index in [1.807, 2.05) is 100 Å². The second kappa shape index (κ2) is 15.7. The second-order valence-electron chi connectivity index (χ2n) is 12.4. The zero-order valence-corrected chi connectivity index (χ0v) is 30.7. The highest BCUT2D eigenvalue weighted by Gasteiger charge is 2.16. The molecule has 2 aliphatic rings. The van der Waals surface area contributed by atoms with Gasteiger partial charge in [0.2, 0.25) is 25.5 Å². The molecule has 0 spiro atoms. The van der Waals surface area contributed by atoms with Gasteiger partial charge in [0.05, 0.1) is 14.2 Å². The summed E-state index contributed by atoms with van der Waals surface area (Å²) in [5.74, 6) is 6.90. The van der Waals surface area contributed by atoms with E-state index in [0.29, 0.717) is 23.5 Å². The molecule has 4 heterocycles.